The van der Waals surface area contributed by atoms with Gasteiger partial charge in [-0.05, 0) is 41.3 Å². The predicted molar refractivity (Wildman–Crippen MR) is 130 cm³/mol. The van der Waals surface area contributed by atoms with Gasteiger partial charge in [0.25, 0.3) is 5.56 Å². The predicted octanol–water partition coefficient (Wildman–Crippen LogP) is 2.56. The van der Waals surface area contributed by atoms with Gasteiger partial charge >= 0.3 is 5.69 Å². The lowest BCUT2D eigenvalue weighted by Gasteiger charge is -2.14. The zero-order chi connectivity index (χ0) is 24.2. The Bertz CT molecular complexity index is 1470. The summed E-state index contributed by atoms with van der Waals surface area (Å²) in [6.45, 7) is -0.0261. The van der Waals surface area contributed by atoms with Crippen LogP contribution in [0.2, 0.25) is 0 Å². The van der Waals surface area contributed by atoms with Gasteiger partial charge < -0.3 is 19.5 Å². The van der Waals surface area contributed by atoms with Crippen LogP contribution < -0.4 is 30.8 Å². The second-order valence-electron chi connectivity index (χ2n) is 7.28. The number of benzene rings is 2. The largest absolute Gasteiger partial charge is 0.495 e. The van der Waals surface area contributed by atoms with E-state index in [-0.39, 0.29) is 19.0 Å². The summed E-state index contributed by atoms with van der Waals surface area (Å²) in [5.74, 6) is 1.13. The minimum atomic E-state index is -0.623. The van der Waals surface area contributed by atoms with Gasteiger partial charge in [-0.15, -0.1) is 11.3 Å². The number of nitrogens with zero attached hydrogens (tertiary/aromatic N) is 2. The van der Waals surface area contributed by atoms with Gasteiger partial charge in [-0.2, -0.15) is 0 Å². The van der Waals surface area contributed by atoms with Crippen molar-refractivity contribution in [2.24, 2.45) is 0 Å². The Kier molecular flexibility index (Phi) is 6.69. The number of rotatable bonds is 8. The van der Waals surface area contributed by atoms with E-state index in [1.165, 1.54) is 30.1 Å². The van der Waals surface area contributed by atoms with Crippen LogP contribution in [0.25, 0.3) is 15.9 Å². The summed E-state index contributed by atoms with van der Waals surface area (Å²) in [6, 6.07) is 13.7. The standard InChI is InChI=1S/C24H23N3O6S/c1-31-18-7-5-4-6-16(18)27-23(29)22-17(10-11-34-22)26(24(27)30)14-21(28)25-13-15-8-9-19(32-2)20(12-15)33-3/h4-12H,13-14H2,1-3H3,(H,25,28). The molecule has 0 atom stereocenters. The minimum Gasteiger partial charge on any atom is -0.495 e. The molecule has 0 fully saturated rings. The molecule has 4 rings (SSSR count). The Hall–Kier alpha value is -4.05. The average molecular weight is 482 g/mol. The number of para-hydroxylation sites is 2. The van der Waals surface area contributed by atoms with Crippen LogP contribution in [0, 0.1) is 0 Å². The third-order valence-electron chi connectivity index (χ3n) is 5.32. The molecular weight excluding hydrogens is 458 g/mol. The van der Waals surface area contributed by atoms with Gasteiger partial charge in [0.1, 0.15) is 17.0 Å². The van der Waals surface area contributed by atoms with Crippen molar-refractivity contribution in [3.8, 4) is 22.9 Å². The highest BCUT2D eigenvalue weighted by atomic mass is 32.1. The molecule has 176 valence electrons. The molecule has 0 aliphatic carbocycles. The van der Waals surface area contributed by atoms with Crippen molar-refractivity contribution in [3.05, 3.63) is 80.3 Å². The van der Waals surface area contributed by atoms with Gasteiger partial charge in [0.05, 0.1) is 32.5 Å². The molecule has 2 aromatic heterocycles. The number of aromatic nitrogens is 2. The van der Waals surface area contributed by atoms with Gasteiger partial charge in [-0.1, -0.05) is 18.2 Å². The van der Waals surface area contributed by atoms with E-state index in [0.29, 0.717) is 33.2 Å². The van der Waals surface area contributed by atoms with E-state index in [9.17, 15) is 14.4 Å². The number of nitrogens with one attached hydrogen (secondary N) is 1. The van der Waals surface area contributed by atoms with Crippen LogP contribution in [0.4, 0.5) is 0 Å². The molecular formula is C24H23N3O6S. The highest BCUT2D eigenvalue weighted by Crippen LogP contribution is 2.27. The van der Waals surface area contributed by atoms with E-state index in [0.717, 1.165) is 10.1 Å². The number of thiophene rings is 1. The lowest BCUT2D eigenvalue weighted by Crippen LogP contribution is -2.41. The molecule has 2 aromatic carbocycles. The smallest absolute Gasteiger partial charge is 0.336 e. The van der Waals surface area contributed by atoms with E-state index in [2.05, 4.69) is 5.32 Å². The average Bonchev–Trinajstić information content (AvgIpc) is 3.35. The summed E-state index contributed by atoms with van der Waals surface area (Å²) in [5, 5.41) is 4.53. The number of fused-ring (bicyclic) bond motifs is 1. The zero-order valence-electron chi connectivity index (χ0n) is 18.9. The molecule has 0 radical (unpaired) electrons. The number of hydrogen-bond donors (Lipinski definition) is 1. The van der Waals surface area contributed by atoms with Crippen LogP contribution in [0.15, 0.2) is 63.5 Å². The van der Waals surface area contributed by atoms with E-state index in [1.54, 1.807) is 55.0 Å². The third-order valence-corrected chi connectivity index (χ3v) is 6.21. The summed E-state index contributed by atoms with van der Waals surface area (Å²) >= 11 is 1.21. The summed E-state index contributed by atoms with van der Waals surface area (Å²) in [5.41, 5.74) is 0.448. The first-order chi connectivity index (χ1) is 16.5. The van der Waals surface area contributed by atoms with Gasteiger partial charge in [0.2, 0.25) is 5.91 Å². The quantitative estimate of drug-likeness (QED) is 0.415. The second kappa shape index (κ2) is 9.84. The first-order valence-corrected chi connectivity index (χ1v) is 11.2. The van der Waals surface area contributed by atoms with Crippen molar-refractivity contribution in [3.63, 3.8) is 0 Å². The number of hydrogen-bond acceptors (Lipinski definition) is 7. The number of carbonyl (C=O) groups excluding carboxylic acids is 1. The van der Waals surface area contributed by atoms with Crippen molar-refractivity contribution < 1.29 is 19.0 Å². The minimum absolute atomic E-state index is 0.229. The van der Waals surface area contributed by atoms with Crippen molar-refractivity contribution in [1.29, 1.82) is 0 Å². The SMILES string of the molecule is COc1ccc(CNC(=O)Cn2c(=O)n(-c3ccccc3OC)c(=O)c3sccc32)cc1OC. The topological polar surface area (TPSA) is 101 Å². The van der Waals surface area contributed by atoms with E-state index in [1.807, 2.05) is 6.07 Å². The van der Waals surface area contributed by atoms with Gasteiger partial charge in [-0.3, -0.25) is 14.2 Å². The molecule has 0 unspecified atom stereocenters. The molecule has 2 heterocycles. The lowest BCUT2D eigenvalue weighted by molar-refractivity contribution is -0.121. The van der Waals surface area contributed by atoms with Crippen LogP contribution in [0.3, 0.4) is 0 Å². The molecule has 0 bridgehead atoms. The van der Waals surface area contributed by atoms with Crippen molar-refractivity contribution in [1.82, 2.24) is 14.5 Å². The number of ether oxygens (including phenoxy) is 3. The molecule has 1 amide bonds. The Morgan fingerprint density at radius 1 is 0.941 bits per heavy atom. The lowest BCUT2D eigenvalue weighted by atomic mass is 10.2. The summed E-state index contributed by atoms with van der Waals surface area (Å²) in [4.78, 5) is 39.3. The summed E-state index contributed by atoms with van der Waals surface area (Å²) < 4.78 is 18.6. The molecule has 9 nitrogen and oxygen atoms in total. The van der Waals surface area contributed by atoms with Crippen LogP contribution >= 0.6 is 11.3 Å². The normalized spacial score (nSPS) is 10.8. The van der Waals surface area contributed by atoms with E-state index >= 15 is 0 Å². The van der Waals surface area contributed by atoms with E-state index in [4.69, 9.17) is 14.2 Å². The second-order valence-corrected chi connectivity index (χ2v) is 8.20. The highest BCUT2D eigenvalue weighted by molar-refractivity contribution is 7.17. The molecule has 0 saturated carbocycles. The van der Waals surface area contributed by atoms with Gasteiger partial charge in [0, 0.05) is 6.54 Å². The molecule has 0 aliphatic heterocycles. The molecule has 0 spiro atoms. The Labute approximate surface area is 198 Å². The molecule has 1 N–H and O–H groups in total. The highest BCUT2D eigenvalue weighted by Gasteiger charge is 2.19. The van der Waals surface area contributed by atoms with Gasteiger partial charge in [-0.25, -0.2) is 9.36 Å². The Balaban J connectivity index is 1.66. The van der Waals surface area contributed by atoms with Crippen molar-refractivity contribution >= 4 is 27.5 Å². The molecule has 0 aliphatic rings. The number of methoxy groups -OCH3 is 3. The third kappa shape index (κ3) is 4.27. The van der Waals surface area contributed by atoms with Crippen LogP contribution in [0.5, 0.6) is 17.2 Å². The maximum Gasteiger partial charge on any atom is 0.336 e. The van der Waals surface area contributed by atoms with Crippen molar-refractivity contribution in [2.75, 3.05) is 21.3 Å². The monoisotopic (exact) mass is 481 g/mol. The first-order valence-electron chi connectivity index (χ1n) is 10.3. The number of amides is 1. The Morgan fingerprint density at radius 2 is 1.68 bits per heavy atom. The Morgan fingerprint density at radius 3 is 2.41 bits per heavy atom. The van der Waals surface area contributed by atoms with Crippen LogP contribution in [0.1, 0.15) is 5.56 Å². The van der Waals surface area contributed by atoms with Gasteiger partial charge in [0.15, 0.2) is 11.5 Å². The molecule has 34 heavy (non-hydrogen) atoms. The maximum absolute atomic E-state index is 13.4. The number of carbonyl (C=O) groups is 1. The molecule has 0 saturated heterocycles. The summed E-state index contributed by atoms with van der Waals surface area (Å²) in [7, 11) is 4.55. The maximum atomic E-state index is 13.4. The van der Waals surface area contributed by atoms with E-state index < -0.39 is 11.2 Å². The fraction of sp³-hybridized carbons (Fsp3) is 0.208. The zero-order valence-corrected chi connectivity index (χ0v) is 19.7. The van der Waals surface area contributed by atoms with Crippen LogP contribution in [-0.4, -0.2) is 36.4 Å². The molecule has 10 heteroatoms. The first kappa shape index (κ1) is 23.1. The molecule has 4 aromatic rings. The van der Waals surface area contributed by atoms with Crippen LogP contribution in [-0.2, 0) is 17.9 Å². The summed E-state index contributed by atoms with van der Waals surface area (Å²) in [6.07, 6.45) is 0. The fourth-order valence-corrected chi connectivity index (χ4v) is 4.48. The fourth-order valence-electron chi connectivity index (χ4n) is 3.66. The van der Waals surface area contributed by atoms with Crippen molar-refractivity contribution in [2.45, 2.75) is 13.1 Å².